The molecule has 0 spiro atoms. The van der Waals surface area contributed by atoms with Crippen molar-refractivity contribution in [3.05, 3.63) is 65.5 Å². The minimum Gasteiger partial charge on any atom is -0.497 e. The van der Waals surface area contributed by atoms with E-state index in [-0.39, 0.29) is 11.9 Å². The zero-order chi connectivity index (χ0) is 20.4. The normalized spacial score (nSPS) is 27.8. The van der Waals surface area contributed by atoms with Crippen molar-refractivity contribution in [1.29, 1.82) is 0 Å². The number of benzene rings is 2. The van der Waals surface area contributed by atoms with Crippen LogP contribution >= 0.6 is 0 Å². The van der Waals surface area contributed by atoms with Crippen molar-refractivity contribution in [2.75, 3.05) is 21.2 Å². The molecule has 5 heteroatoms. The summed E-state index contributed by atoms with van der Waals surface area (Å²) in [7, 11) is 5.62. The molecule has 0 heterocycles. The van der Waals surface area contributed by atoms with Gasteiger partial charge in [0.25, 0.3) is 0 Å². The van der Waals surface area contributed by atoms with E-state index in [1.54, 1.807) is 19.2 Å². The number of methoxy groups -OCH3 is 1. The number of halogens is 1. The molecule has 2 aromatic carbocycles. The van der Waals surface area contributed by atoms with Gasteiger partial charge in [-0.25, -0.2) is 4.39 Å². The van der Waals surface area contributed by atoms with E-state index in [0.29, 0.717) is 19.4 Å². The maximum atomic E-state index is 13.1. The second kappa shape index (κ2) is 8.19. The van der Waals surface area contributed by atoms with Crippen LogP contribution in [0.4, 0.5) is 4.39 Å². The molecule has 1 aliphatic carbocycles. The van der Waals surface area contributed by atoms with Crippen molar-refractivity contribution in [3.8, 4) is 5.75 Å². The first-order chi connectivity index (χ1) is 13.3. The molecule has 3 atom stereocenters. The van der Waals surface area contributed by atoms with Crippen LogP contribution in [0.1, 0.15) is 37.3 Å². The Bertz CT molecular complexity index is 795. The van der Waals surface area contributed by atoms with E-state index in [9.17, 15) is 9.50 Å². The lowest BCUT2D eigenvalue weighted by Crippen LogP contribution is -2.62. The van der Waals surface area contributed by atoms with Gasteiger partial charge in [0.2, 0.25) is 0 Å². The van der Waals surface area contributed by atoms with Gasteiger partial charge in [0, 0.05) is 0 Å². The first kappa shape index (κ1) is 20.8. The molecule has 1 N–H and O–H groups in total. The lowest BCUT2D eigenvalue weighted by atomic mass is 9.65. The lowest BCUT2D eigenvalue weighted by molar-refractivity contribution is -0.159. The van der Waals surface area contributed by atoms with Crippen LogP contribution in [0.25, 0.3) is 0 Å². The summed E-state index contributed by atoms with van der Waals surface area (Å²) < 4.78 is 24.6. The van der Waals surface area contributed by atoms with E-state index in [1.807, 2.05) is 38.4 Å². The minimum atomic E-state index is -1.01. The summed E-state index contributed by atoms with van der Waals surface area (Å²) >= 11 is 0. The largest absolute Gasteiger partial charge is 0.497 e. The Morgan fingerprint density at radius 2 is 1.89 bits per heavy atom. The highest BCUT2D eigenvalue weighted by Crippen LogP contribution is 2.48. The van der Waals surface area contributed by atoms with E-state index in [1.165, 1.54) is 12.1 Å². The van der Waals surface area contributed by atoms with Gasteiger partial charge in [0.15, 0.2) is 0 Å². The van der Waals surface area contributed by atoms with Crippen molar-refractivity contribution >= 4 is 0 Å². The van der Waals surface area contributed by atoms with E-state index in [4.69, 9.17) is 9.47 Å². The van der Waals surface area contributed by atoms with Crippen LogP contribution < -0.4 is 4.74 Å². The molecule has 0 saturated heterocycles. The molecule has 0 aliphatic heterocycles. The Balaban J connectivity index is 1.79. The molecule has 0 bridgehead atoms. The molecule has 0 radical (unpaired) electrons. The molecule has 4 nitrogen and oxygen atoms in total. The predicted molar refractivity (Wildman–Crippen MR) is 108 cm³/mol. The Hall–Kier alpha value is -1.95. The zero-order valence-corrected chi connectivity index (χ0v) is 17.1. The highest BCUT2D eigenvalue weighted by atomic mass is 19.1. The SMILES string of the molecule is COc1cccc([C@]2(O)CC[C@H](OCc3ccc(F)cc3)C[C@@]2(C)N(C)C)c1. The maximum absolute atomic E-state index is 13.1. The fourth-order valence-electron chi connectivity index (χ4n) is 4.18. The Morgan fingerprint density at radius 3 is 2.54 bits per heavy atom. The molecule has 0 unspecified atom stereocenters. The Kier molecular flexibility index (Phi) is 6.08. The highest BCUT2D eigenvalue weighted by molar-refractivity contribution is 5.35. The van der Waals surface area contributed by atoms with Crippen molar-refractivity contribution < 1.29 is 19.0 Å². The number of likely N-dealkylation sites (N-methyl/N-ethyl adjacent to an activating group) is 1. The third-order valence-electron chi connectivity index (χ3n) is 6.28. The van der Waals surface area contributed by atoms with Gasteiger partial charge in [-0.05, 0) is 75.7 Å². The van der Waals surface area contributed by atoms with Crippen molar-refractivity contribution in [2.45, 2.75) is 50.0 Å². The fraction of sp³-hybridized carbons (Fsp3) is 0.478. The Labute approximate surface area is 166 Å². The third kappa shape index (κ3) is 3.93. The third-order valence-corrected chi connectivity index (χ3v) is 6.28. The highest BCUT2D eigenvalue weighted by Gasteiger charge is 2.53. The van der Waals surface area contributed by atoms with E-state index >= 15 is 0 Å². The molecule has 0 amide bonds. The summed E-state index contributed by atoms with van der Waals surface area (Å²) in [6.07, 6.45) is 2.04. The van der Waals surface area contributed by atoms with Crippen molar-refractivity contribution in [3.63, 3.8) is 0 Å². The molecular formula is C23H30FNO3. The van der Waals surface area contributed by atoms with Crippen molar-refractivity contribution in [2.24, 2.45) is 0 Å². The quantitative estimate of drug-likeness (QED) is 0.810. The van der Waals surface area contributed by atoms with Gasteiger partial charge >= 0.3 is 0 Å². The molecule has 1 saturated carbocycles. The maximum Gasteiger partial charge on any atom is 0.123 e. The molecule has 1 aliphatic rings. The summed E-state index contributed by atoms with van der Waals surface area (Å²) in [4.78, 5) is 2.08. The van der Waals surface area contributed by atoms with Gasteiger partial charge in [-0.15, -0.1) is 0 Å². The average Bonchev–Trinajstić information content (AvgIpc) is 2.70. The Morgan fingerprint density at radius 1 is 1.18 bits per heavy atom. The van der Waals surface area contributed by atoms with E-state index in [0.717, 1.165) is 23.3 Å². The summed E-state index contributed by atoms with van der Waals surface area (Å²) in [5.41, 5.74) is 0.285. The van der Waals surface area contributed by atoms with Gasteiger partial charge < -0.3 is 19.5 Å². The number of rotatable bonds is 6. The van der Waals surface area contributed by atoms with Crippen LogP contribution in [0.15, 0.2) is 48.5 Å². The number of hydrogen-bond acceptors (Lipinski definition) is 4. The molecule has 3 rings (SSSR count). The molecule has 28 heavy (non-hydrogen) atoms. The van der Waals surface area contributed by atoms with Crippen LogP contribution in [0.3, 0.4) is 0 Å². The van der Waals surface area contributed by atoms with E-state index in [2.05, 4.69) is 11.8 Å². The molecule has 0 aromatic heterocycles. The van der Waals surface area contributed by atoms with Crippen molar-refractivity contribution in [1.82, 2.24) is 4.90 Å². The number of nitrogens with zero attached hydrogens (tertiary/aromatic N) is 1. The van der Waals surface area contributed by atoms with Crippen LogP contribution in [0.2, 0.25) is 0 Å². The predicted octanol–water partition coefficient (Wildman–Crippen LogP) is 4.11. The monoisotopic (exact) mass is 387 g/mol. The second-order valence-corrected chi connectivity index (χ2v) is 8.06. The number of hydrogen-bond donors (Lipinski definition) is 1. The topological polar surface area (TPSA) is 41.9 Å². The molecule has 152 valence electrons. The molecule has 1 fully saturated rings. The summed E-state index contributed by atoms with van der Waals surface area (Å²) in [6, 6.07) is 14.1. The second-order valence-electron chi connectivity index (χ2n) is 8.06. The number of aliphatic hydroxyl groups is 1. The zero-order valence-electron chi connectivity index (χ0n) is 17.1. The van der Waals surface area contributed by atoms with Gasteiger partial charge in [-0.1, -0.05) is 24.3 Å². The van der Waals surface area contributed by atoms with Gasteiger partial charge in [-0.3, -0.25) is 0 Å². The molecular weight excluding hydrogens is 357 g/mol. The summed E-state index contributed by atoms with van der Waals surface area (Å²) in [5, 5.41) is 11.8. The summed E-state index contributed by atoms with van der Waals surface area (Å²) in [5.74, 6) is 0.492. The van der Waals surface area contributed by atoms with Crippen LogP contribution in [-0.4, -0.2) is 42.9 Å². The van der Waals surface area contributed by atoms with Crippen LogP contribution in [0.5, 0.6) is 5.75 Å². The lowest BCUT2D eigenvalue weighted by Gasteiger charge is -2.54. The van der Waals surface area contributed by atoms with E-state index < -0.39 is 11.1 Å². The number of ether oxygens (including phenoxy) is 2. The minimum absolute atomic E-state index is 0.0170. The van der Waals surface area contributed by atoms with Gasteiger partial charge in [0.05, 0.1) is 25.4 Å². The van der Waals surface area contributed by atoms with Crippen LogP contribution in [0, 0.1) is 5.82 Å². The first-order valence-electron chi connectivity index (χ1n) is 9.69. The van der Waals surface area contributed by atoms with Gasteiger partial charge in [-0.2, -0.15) is 0 Å². The van der Waals surface area contributed by atoms with Gasteiger partial charge in [0.1, 0.15) is 17.2 Å². The smallest absolute Gasteiger partial charge is 0.123 e. The fourth-order valence-corrected chi connectivity index (χ4v) is 4.18. The summed E-state index contributed by atoms with van der Waals surface area (Å²) in [6.45, 7) is 2.52. The standard InChI is InChI=1S/C23H30FNO3/c1-22(25(2)3)15-21(28-16-17-8-10-19(24)11-9-17)12-13-23(22,26)18-6-5-7-20(14-18)27-4/h5-11,14,21,26H,12-13,15-16H2,1-4H3/t21-,22+,23+/m0/s1. The first-order valence-corrected chi connectivity index (χ1v) is 9.69. The molecule has 2 aromatic rings. The van der Waals surface area contributed by atoms with Crippen LogP contribution in [-0.2, 0) is 16.9 Å². The average molecular weight is 387 g/mol.